The number of likely N-dealkylation sites (N-methyl/N-ethyl adjacent to an activating group) is 1. The van der Waals surface area contributed by atoms with E-state index in [0.717, 1.165) is 18.2 Å². The molecular formula is C11H17N3O. The van der Waals surface area contributed by atoms with Crippen LogP contribution in [0.15, 0.2) is 12.3 Å². The normalized spacial score (nSPS) is 15.3. The van der Waals surface area contributed by atoms with Gasteiger partial charge in [0.15, 0.2) is 0 Å². The zero-order valence-electron chi connectivity index (χ0n) is 9.31. The first-order valence-corrected chi connectivity index (χ1v) is 5.39. The average molecular weight is 207 g/mol. The lowest BCUT2D eigenvalue weighted by Gasteiger charge is -2.17. The second kappa shape index (κ2) is 4.04. The van der Waals surface area contributed by atoms with Crippen molar-refractivity contribution >= 4 is 5.91 Å². The molecule has 1 aromatic heterocycles. The number of hydrogen-bond acceptors (Lipinski definition) is 2. The van der Waals surface area contributed by atoms with Gasteiger partial charge >= 0.3 is 0 Å². The third kappa shape index (κ3) is 2.58. The van der Waals surface area contributed by atoms with Crippen molar-refractivity contribution in [3.63, 3.8) is 0 Å². The predicted octanol–water partition coefficient (Wildman–Crippen LogP) is 1.06. The molecule has 2 rings (SSSR count). The van der Waals surface area contributed by atoms with E-state index in [0.29, 0.717) is 6.54 Å². The summed E-state index contributed by atoms with van der Waals surface area (Å²) in [7, 11) is 1.87. The molecule has 0 radical (unpaired) electrons. The summed E-state index contributed by atoms with van der Waals surface area (Å²) >= 11 is 0. The molecular weight excluding hydrogens is 190 g/mol. The van der Waals surface area contributed by atoms with Gasteiger partial charge in [-0.2, -0.15) is 5.10 Å². The van der Waals surface area contributed by atoms with Crippen LogP contribution in [0.3, 0.4) is 0 Å². The van der Waals surface area contributed by atoms with Crippen molar-refractivity contribution in [1.82, 2.24) is 14.7 Å². The number of rotatable bonds is 4. The lowest BCUT2D eigenvalue weighted by atomic mass is 10.3. The Balaban J connectivity index is 1.88. The molecule has 0 spiro atoms. The lowest BCUT2D eigenvalue weighted by molar-refractivity contribution is -0.131. The van der Waals surface area contributed by atoms with Crippen molar-refractivity contribution in [2.45, 2.75) is 26.3 Å². The SMILES string of the molecule is Cc1ccnn1CC(=O)N(C)CC1CC1. The van der Waals surface area contributed by atoms with Crippen LogP contribution in [0.4, 0.5) is 0 Å². The first-order valence-electron chi connectivity index (χ1n) is 5.39. The van der Waals surface area contributed by atoms with Gasteiger partial charge in [0.2, 0.25) is 5.91 Å². The van der Waals surface area contributed by atoms with E-state index >= 15 is 0 Å². The lowest BCUT2D eigenvalue weighted by Crippen LogP contribution is -2.32. The van der Waals surface area contributed by atoms with Gasteiger partial charge in [0.25, 0.3) is 0 Å². The number of carbonyl (C=O) groups excluding carboxylic acids is 1. The predicted molar refractivity (Wildman–Crippen MR) is 57.3 cm³/mol. The van der Waals surface area contributed by atoms with Crippen LogP contribution in [0.5, 0.6) is 0 Å². The molecule has 82 valence electrons. The van der Waals surface area contributed by atoms with E-state index in [1.54, 1.807) is 10.9 Å². The molecule has 4 heteroatoms. The second-order valence-electron chi connectivity index (χ2n) is 4.35. The largest absolute Gasteiger partial charge is 0.344 e. The first-order chi connectivity index (χ1) is 7.16. The second-order valence-corrected chi connectivity index (χ2v) is 4.35. The maximum absolute atomic E-state index is 11.8. The highest BCUT2D eigenvalue weighted by molar-refractivity contribution is 5.75. The monoisotopic (exact) mass is 207 g/mol. The van der Waals surface area contributed by atoms with E-state index in [4.69, 9.17) is 0 Å². The minimum Gasteiger partial charge on any atom is -0.344 e. The van der Waals surface area contributed by atoms with E-state index < -0.39 is 0 Å². The Bertz CT molecular complexity index is 354. The summed E-state index contributed by atoms with van der Waals surface area (Å²) in [5, 5.41) is 4.10. The van der Waals surface area contributed by atoms with Gasteiger partial charge in [0.1, 0.15) is 6.54 Å². The van der Waals surface area contributed by atoms with Gasteiger partial charge in [-0.05, 0) is 31.7 Å². The van der Waals surface area contributed by atoms with Crippen molar-refractivity contribution in [3.05, 3.63) is 18.0 Å². The van der Waals surface area contributed by atoms with Gasteiger partial charge in [-0.15, -0.1) is 0 Å². The zero-order chi connectivity index (χ0) is 10.8. The van der Waals surface area contributed by atoms with Crippen LogP contribution in [0.1, 0.15) is 18.5 Å². The standard InChI is InChI=1S/C11H17N3O/c1-9-5-6-12-14(9)8-11(15)13(2)7-10-3-4-10/h5-6,10H,3-4,7-8H2,1-2H3. The Morgan fingerprint density at radius 2 is 2.40 bits per heavy atom. The maximum atomic E-state index is 11.8. The van der Waals surface area contributed by atoms with E-state index in [2.05, 4.69) is 5.10 Å². The summed E-state index contributed by atoms with van der Waals surface area (Å²) in [6.07, 6.45) is 4.28. The summed E-state index contributed by atoms with van der Waals surface area (Å²) in [5.74, 6) is 0.895. The fourth-order valence-corrected chi connectivity index (χ4v) is 1.60. The van der Waals surface area contributed by atoms with E-state index in [1.165, 1.54) is 12.8 Å². The number of nitrogens with zero attached hydrogens (tertiary/aromatic N) is 3. The Hall–Kier alpha value is -1.32. The Labute approximate surface area is 89.9 Å². The minimum absolute atomic E-state index is 0.147. The van der Waals surface area contributed by atoms with Gasteiger partial charge in [0.05, 0.1) is 0 Å². The topological polar surface area (TPSA) is 38.1 Å². The summed E-state index contributed by atoms with van der Waals surface area (Å²) in [4.78, 5) is 13.6. The average Bonchev–Trinajstić information content (AvgIpc) is 2.92. The van der Waals surface area contributed by atoms with Crippen molar-refractivity contribution in [1.29, 1.82) is 0 Å². The van der Waals surface area contributed by atoms with Crippen molar-refractivity contribution in [3.8, 4) is 0 Å². The maximum Gasteiger partial charge on any atom is 0.244 e. The summed E-state index contributed by atoms with van der Waals surface area (Å²) in [6, 6.07) is 1.91. The fraction of sp³-hybridized carbons (Fsp3) is 0.636. The fourth-order valence-electron chi connectivity index (χ4n) is 1.60. The molecule has 1 aromatic rings. The molecule has 1 aliphatic carbocycles. The molecule has 0 bridgehead atoms. The number of carbonyl (C=O) groups is 1. The van der Waals surface area contributed by atoms with Crippen molar-refractivity contribution in [2.75, 3.05) is 13.6 Å². The Morgan fingerprint density at radius 3 is 2.93 bits per heavy atom. The molecule has 4 nitrogen and oxygen atoms in total. The highest BCUT2D eigenvalue weighted by atomic mass is 16.2. The minimum atomic E-state index is 0.147. The highest BCUT2D eigenvalue weighted by Gasteiger charge is 2.24. The smallest absolute Gasteiger partial charge is 0.244 e. The van der Waals surface area contributed by atoms with Crippen LogP contribution in [-0.4, -0.2) is 34.2 Å². The Morgan fingerprint density at radius 1 is 1.67 bits per heavy atom. The molecule has 1 aliphatic rings. The highest BCUT2D eigenvalue weighted by Crippen LogP contribution is 2.29. The van der Waals surface area contributed by atoms with E-state index in [9.17, 15) is 4.79 Å². The molecule has 0 saturated heterocycles. The van der Waals surface area contributed by atoms with Crippen LogP contribution < -0.4 is 0 Å². The number of aryl methyl sites for hydroxylation is 1. The molecule has 1 heterocycles. The third-order valence-corrected chi connectivity index (χ3v) is 2.87. The van der Waals surface area contributed by atoms with Crippen LogP contribution in [-0.2, 0) is 11.3 Å². The van der Waals surface area contributed by atoms with Crippen LogP contribution in [0.2, 0.25) is 0 Å². The first kappa shape index (κ1) is 10.2. The van der Waals surface area contributed by atoms with Gasteiger partial charge in [0, 0.05) is 25.5 Å². The van der Waals surface area contributed by atoms with E-state index in [-0.39, 0.29) is 5.91 Å². The molecule has 15 heavy (non-hydrogen) atoms. The molecule has 0 unspecified atom stereocenters. The van der Waals surface area contributed by atoms with E-state index in [1.807, 2.05) is 24.9 Å². The third-order valence-electron chi connectivity index (χ3n) is 2.87. The van der Waals surface area contributed by atoms with Gasteiger partial charge in [-0.1, -0.05) is 0 Å². The van der Waals surface area contributed by atoms with Crippen molar-refractivity contribution in [2.24, 2.45) is 5.92 Å². The quantitative estimate of drug-likeness (QED) is 0.740. The molecule has 0 aliphatic heterocycles. The molecule has 1 fully saturated rings. The van der Waals surface area contributed by atoms with Crippen LogP contribution >= 0.6 is 0 Å². The number of hydrogen-bond donors (Lipinski definition) is 0. The summed E-state index contributed by atoms with van der Waals surface area (Å²) in [5.41, 5.74) is 1.03. The molecule has 0 aromatic carbocycles. The zero-order valence-corrected chi connectivity index (χ0v) is 9.31. The van der Waals surface area contributed by atoms with Crippen molar-refractivity contribution < 1.29 is 4.79 Å². The van der Waals surface area contributed by atoms with Gasteiger partial charge in [-0.25, -0.2) is 0 Å². The number of aromatic nitrogens is 2. The molecule has 1 saturated carbocycles. The molecule has 1 amide bonds. The summed E-state index contributed by atoms with van der Waals surface area (Å²) in [6.45, 7) is 3.22. The van der Waals surface area contributed by atoms with Gasteiger partial charge < -0.3 is 4.90 Å². The molecule has 0 N–H and O–H groups in total. The van der Waals surface area contributed by atoms with Crippen LogP contribution in [0.25, 0.3) is 0 Å². The Kier molecular flexibility index (Phi) is 2.75. The van der Waals surface area contributed by atoms with Crippen LogP contribution in [0, 0.1) is 12.8 Å². The number of amides is 1. The summed E-state index contributed by atoms with van der Waals surface area (Å²) < 4.78 is 1.74. The van der Waals surface area contributed by atoms with Gasteiger partial charge in [-0.3, -0.25) is 9.48 Å². The molecule has 0 atom stereocenters.